The molecule has 1 saturated carbocycles. The lowest BCUT2D eigenvalue weighted by molar-refractivity contribution is 0.436. The van der Waals surface area contributed by atoms with Crippen molar-refractivity contribution < 1.29 is 0 Å². The third-order valence-electron chi connectivity index (χ3n) is 4.07. The van der Waals surface area contributed by atoms with Gasteiger partial charge in [-0.15, -0.1) is 0 Å². The quantitative estimate of drug-likeness (QED) is 0.834. The molecule has 2 aromatic rings. The zero-order valence-corrected chi connectivity index (χ0v) is 12.0. The first-order valence-electron chi connectivity index (χ1n) is 7.44. The molecule has 0 spiro atoms. The molecule has 104 valence electrons. The summed E-state index contributed by atoms with van der Waals surface area (Å²) in [5.41, 5.74) is 9.81. The van der Waals surface area contributed by atoms with Crippen molar-refractivity contribution in [1.29, 1.82) is 0 Å². The maximum atomic E-state index is 5.74. The van der Waals surface area contributed by atoms with Crippen molar-refractivity contribution in [2.24, 2.45) is 0 Å². The van der Waals surface area contributed by atoms with Gasteiger partial charge in [-0.3, -0.25) is 0 Å². The van der Waals surface area contributed by atoms with Crippen molar-refractivity contribution in [3.8, 4) is 11.4 Å². The number of anilines is 1. The van der Waals surface area contributed by atoms with Gasteiger partial charge in [-0.1, -0.05) is 19.3 Å². The van der Waals surface area contributed by atoms with Crippen molar-refractivity contribution in [3.63, 3.8) is 0 Å². The molecule has 0 atom stereocenters. The first kappa shape index (κ1) is 13.1. The van der Waals surface area contributed by atoms with Gasteiger partial charge < -0.3 is 5.73 Å². The molecule has 0 saturated heterocycles. The van der Waals surface area contributed by atoms with Gasteiger partial charge in [-0.05, 0) is 50.1 Å². The summed E-state index contributed by atoms with van der Waals surface area (Å²) in [4.78, 5) is 9.38. The summed E-state index contributed by atoms with van der Waals surface area (Å²) in [5, 5.41) is 0. The van der Waals surface area contributed by atoms with Crippen molar-refractivity contribution in [2.75, 3.05) is 5.73 Å². The van der Waals surface area contributed by atoms with E-state index < -0.39 is 0 Å². The van der Waals surface area contributed by atoms with Gasteiger partial charge in [0.15, 0.2) is 5.82 Å². The Balaban J connectivity index is 1.95. The highest BCUT2D eigenvalue weighted by Gasteiger charge is 2.18. The standard InChI is InChI=1S/C17H21N3/c1-12-11-16(13-5-3-2-4-6-13)20-17(19-12)14-7-9-15(18)10-8-14/h7-11,13H,2-6,18H2,1H3. The van der Waals surface area contributed by atoms with E-state index in [4.69, 9.17) is 10.7 Å². The van der Waals surface area contributed by atoms with Crippen LogP contribution in [0.2, 0.25) is 0 Å². The predicted molar refractivity (Wildman–Crippen MR) is 82.4 cm³/mol. The lowest BCUT2D eigenvalue weighted by atomic mass is 9.86. The van der Waals surface area contributed by atoms with Crippen LogP contribution in [0.4, 0.5) is 5.69 Å². The molecule has 0 amide bonds. The van der Waals surface area contributed by atoms with Crippen LogP contribution in [0.1, 0.15) is 49.4 Å². The summed E-state index contributed by atoms with van der Waals surface area (Å²) in [5.74, 6) is 1.43. The Morgan fingerprint density at radius 3 is 2.40 bits per heavy atom. The van der Waals surface area contributed by atoms with Crippen LogP contribution < -0.4 is 5.73 Å². The summed E-state index contributed by atoms with van der Waals surface area (Å²) < 4.78 is 0. The fourth-order valence-electron chi connectivity index (χ4n) is 2.96. The van der Waals surface area contributed by atoms with E-state index in [1.807, 2.05) is 24.3 Å². The van der Waals surface area contributed by atoms with Gasteiger partial charge in [0, 0.05) is 28.6 Å². The lowest BCUT2D eigenvalue weighted by Gasteiger charge is -2.21. The van der Waals surface area contributed by atoms with E-state index in [1.165, 1.54) is 37.8 Å². The third-order valence-corrected chi connectivity index (χ3v) is 4.07. The number of nitrogens with zero attached hydrogens (tertiary/aromatic N) is 2. The molecule has 3 rings (SSSR count). The smallest absolute Gasteiger partial charge is 0.159 e. The summed E-state index contributed by atoms with van der Waals surface area (Å²) in [6, 6.07) is 9.95. The minimum absolute atomic E-state index is 0.609. The molecule has 0 bridgehead atoms. The third kappa shape index (κ3) is 2.82. The summed E-state index contributed by atoms with van der Waals surface area (Å²) >= 11 is 0. The molecule has 20 heavy (non-hydrogen) atoms. The highest BCUT2D eigenvalue weighted by molar-refractivity contribution is 5.58. The molecular weight excluding hydrogens is 246 g/mol. The van der Waals surface area contributed by atoms with Crippen LogP contribution in [0.25, 0.3) is 11.4 Å². The average Bonchev–Trinajstić information content (AvgIpc) is 2.48. The van der Waals surface area contributed by atoms with Crippen LogP contribution in [0.15, 0.2) is 30.3 Å². The molecule has 1 aliphatic carbocycles. The number of rotatable bonds is 2. The van der Waals surface area contributed by atoms with Gasteiger partial charge in [0.1, 0.15) is 0 Å². The average molecular weight is 267 g/mol. The number of nitrogens with two attached hydrogens (primary N) is 1. The number of hydrogen-bond acceptors (Lipinski definition) is 3. The van der Waals surface area contributed by atoms with Crippen LogP contribution in [-0.2, 0) is 0 Å². The van der Waals surface area contributed by atoms with E-state index in [-0.39, 0.29) is 0 Å². The Morgan fingerprint density at radius 2 is 1.70 bits per heavy atom. The van der Waals surface area contributed by atoms with E-state index in [2.05, 4.69) is 18.0 Å². The number of aryl methyl sites for hydroxylation is 1. The molecule has 1 fully saturated rings. The molecule has 1 heterocycles. The van der Waals surface area contributed by atoms with Gasteiger partial charge in [0.2, 0.25) is 0 Å². The highest BCUT2D eigenvalue weighted by Crippen LogP contribution is 2.32. The summed E-state index contributed by atoms with van der Waals surface area (Å²) in [6.07, 6.45) is 6.54. The van der Waals surface area contributed by atoms with Crippen molar-refractivity contribution in [1.82, 2.24) is 9.97 Å². The van der Waals surface area contributed by atoms with Crippen molar-refractivity contribution >= 4 is 5.69 Å². The van der Waals surface area contributed by atoms with Crippen LogP contribution in [0, 0.1) is 6.92 Å². The first-order chi connectivity index (χ1) is 9.72. The molecule has 1 aliphatic rings. The number of aromatic nitrogens is 2. The molecule has 1 aromatic carbocycles. The van der Waals surface area contributed by atoms with Gasteiger partial charge in [-0.25, -0.2) is 9.97 Å². The number of benzene rings is 1. The Kier molecular flexibility index (Phi) is 3.68. The van der Waals surface area contributed by atoms with Crippen molar-refractivity contribution in [3.05, 3.63) is 41.7 Å². The monoisotopic (exact) mass is 267 g/mol. The van der Waals surface area contributed by atoms with Gasteiger partial charge in [-0.2, -0.15) is 0 Å². The zero-order valence-electron chi connectivity index (χ0n) is 12.0. The summed E-state index contributed by atoms with van der Waals surface area (Å²) in [7, 11) is 0. The predicted octanol–water partition coefficient (Wildman–Crippen LogP) is 4.08. The number of hydrogen-bond donors (Lipinski definition) is 1. The van der Waals surface area contributed by atoms with E-state index in [9.17, 15) is 0 Å². The van der Waals surface area contributed by atoms with Crippen LogP contribution in [0.5, 0.6) is 0 Å². The minimum Gasteiger partial charge on any atom is -0.399 e. The van der Waals surface area contributed by atoms with E-state index in [0.717, 1.165) is 22.8 Å². The van der Waals surface area contributed by atoms with Crippen LogP contribution in [0.3, 0.4) is 0 Å². The van der Waals surface area contributed by atoms with Gasteiger partial charge in [0.05, 0.1) is 0 Å². The normalized spacial score (nSPS) is 16.2. The lowest BCUT2D eigenvalue weighted by Crippen LogP contribution is -2.08. The molecule has 2 N–H and O–H groups in total. The molecule has 0 aliphatic heterocycles. The molecule has 0 radical (unpaired) electrons. The maximum absolute atomic E-state index is 5.74. The molecule has 0 unspecified atom stereocenters. The van der Waals surface area contributed by atoms with Crippen molar-refractivity contribution in [2.45, 2.75) is 44.9 Å². The second-order valence-corrected chi connectivity index (χ2v) is 5.71. The van der Waals surface area contributed by atoms with Crippen LogP contribution >= 0.6 is 0 Å². The van der Waals surface area contributed by atoms with E-state index in [1.54, 1.807) is 0 Å². The Bertz CT molecular complexity index is 584. The second-order valence-electron chi connectivity index (χ2n) is 5.71. The second kappa shape index (κ2) is 5.61. The van der Waals surface area contributed by atoms with Gasteiger partial charge >= 0.3 is 0 Å². The molecule has 3 heteroatoms. The fraction of sp³-hybridized carbons (Fsp3) is 0.412. The van der Waals surface area contributed by atoms with E-state index in [0.29, 0.717) is 5.92 Å². The van der Waals surface area contributed by atoms with E-state index >= 15 is 0 Å². The largest absolute Gasteiger partial charge is 0.399 e. The maximum Gasteiger partial charge on any atom is 0.159 e. The molecule has 1 aromatic heterocycles. The minimum atomic E-state index is 0.609. The Labute approximate surface area is 120 Å². The Hall–Kier alpha value is -1.90. The summed E-state index contributed by atoms with van der Waals surface area (Å²) in [6.45, 7) is 2.05. The zero-order chi connectivity index (χ0) is 13.9. The molecule has 3 nitrogen and oxygen atoms in total. The Morgan fingerprint density at radius 1 is 1.00 bits per heavy atom. The van der Waals surface area contributed by atoms with Crippen LogP contribution in [-0.4, -0.2) is 9.97 Å². The SMILES string of the molecule is Cc1cc(C2CCCCC2)nc(-c2ccc(N)cc2)n1. The fourth-order valence-corrected chi connectivity index (χ4v) is 2.96. The van der Waals surface area contributed by atoms with Gasteiger partial charge in [0.25, 0.3) is 0 Å². The highest BCUT2D eigenvalue weighted by atomic mass is 14.9. The first-order valence-corrected chi connectivity index (χ1v) is 7.44. The number of nitrogen functional groups attached to an aromatic ring is 1. The topological polar surface area (TPSA) is 51.8 Å². The molecular formula is C17H21N3.